The van der Waals surface area contributed by atoms with Crippen LogP contribution in [0.3, 0.4) is 0 Å². The number of morpholine rings is 1. The lowest BCUT2D eigenvalue weighted by Gasteiger charge is -2.26. The molecule has 2 N–H and O–H groups in total. The second-order valence-corrected chi connectivity index (χ2v) is 7.68. The summed E-state index contributed by atoms with van der Waals surface area (Å²) >= 11 is 0. The van der Waals surface area contributed by atoms with Crippen molar-refractivity contribution in [3.05, 3.63) is 35.6 Å². The Balaban J connectivity index is 0.00000392. The topological polar surface area (TPSA) is 48.9 Å². The fraction of sp³-hybridized carbons (Fsp3) is 0.667. The summed E-state index contributed by atoms with van der Waals surface area (Å²) in [6, 6.07) is 6.80. The summed E-state index contributed by atoms with van der Waals surface area (Å²) in [6.45, 7) is 13.5. The van der Waals surface area contributed by atoms with E-state index in [-0.39, 0.29) is 35.2 Å². The van der Waals surface area contributed by atoms with Crippen molar-refractivity contribution in [2.24, 2.45) is 4.99 Å². The number of halogens is 2. The molecule has 28 heavy (non-hydrogen) atoms. The van der Waals surface area contributed by atoms with Gasteiger partial charge < -0.3 is 15.4 Å². The average molecular weight is 506 g/mol. The lowest BCUT2D eigenvalue weighted by Crippen LogP contribution is -2.39. The van der Waals surface area contributed by atoms with Crippen LogP contribution in [0.4, 0.5) is 4.39 Å². The predicted molar refractivity (Wildman–Crippen MR) is 125 cm³/mol. The lowest BCUT2D eigenvalue weighted by atomic mass is 9.85. The number of guanidine groups is 1. The van der Waals surface area contributed by atoms with Gasteiger partial charge in [0.2, 0.25) is 0 Å². The largest absolute Gasteiger partial charge is 0.379 e. The Morgan fingerprint density at radius 2 is 1.96 bits per heavy atom. The van der Waals surface area contributed by atoms with Crippen molar-refractivity contribution >= 4 is 29.9 Å². The Hall–Kier alpha value is -0.930. The standard InChI is InChI=1S/C21H35FN4O.HI/c1-4-23-20(24-10-5-6-11-26-12-14-27-15-13-26)25-17-21(2,3)18-8-7-9-19(22)16-18;/h7-9,16H,4-6,10-15,17H2,1-3H3,(H2,23,24,25);1H. The predicted octanol–water partition coefficient (Wildman–Crippen LogP) is 3.39. The van der Waals surface area contributed by atoms with E-state index in [1.54, 1.807) is 12.1 Å². The zero-order chi connectivity index (χ0) is 19.5. The molecule has 1 aromatic rings. The lowest BCUT2D eigenvalue weighted by molar-refractivity contribution is 0.0372. The highest BCUT2D eigenvalue weighted by atomic mass is 127. The van der Waals surface area contributed by atoms with Crippen LogP contribution in [0.25, 0.3) is 0 Å². The molecule has 2 rings (SSSR count). The number of benzene rings is 1. The molecular weight excluding hydrogens is 470 g/mol. The van der Waals surface area contributed by atoms with Gasteiger partial charge in [0, 0.05) is 31.6 Å². The molecule has 7 heteroatoms. The molecule has 0 atom stereocenters. The third-order valence-electron chi connectivity index (χ3n) is 4.88. The van der Waals surface area contributed by atoms with Crippen LogP contribution in [0.5, 0.6) is 0 Å². The van der Waals surface area contributed by atoms with Gasteiger partial charge in [0.05, 0.1) is 19.8 Å². The highest BCUT2D eigenvalue weighted by Crippen LogP contribution is 2.24. The summed E-state index contributed by atoms with van der Waals surface area (Å²) in [4.78, 5) is 7.19. The summed E-state index contributed by atoms with van der Waals surface area (Å²) < 4.78 is 18.9. The van der Waals surface area contributed by atoms with Crippen molar-refractivity contribution in [2.75, 3.05) is 52.5 Å². The maximum Gasteiger partial charge on any atom is 0.191 e. The van der Waals surface area contributed by atoms with Crippen LogP contribution in [-0.2, 0) is 10.2 Å². The Morgan fingerprint density at radius 3 is 2.64 bits per heavy atom. The van der Waals surface area contributed by atoms with Crippen LogP contribution in [0, 0.1) is 5.82 Å². The molecule has 160 valence electrons. The molecule has 0 aliphatic carbocycles. The van der Waals surface area contributed by atoms with Crippen molar-refractivity contribution in [3.8, 4) is 0 Å². The molecule has 1 heterocycles. The highest BCUT2D eigenvalue weighted by molar-refractivity contribution is 14.0. The maximum absolute atomic E-state index is 13.5. The molecular formula is C21H36FIN4O. The van der Waals surface area contributed by atoms with Crippen molar-refractivity contribution in [1.29, 1.82) is 0 Å². The molecule has 1 saturated heterocycles. The van der Waals surface area contributed by atoms with E-state index in [2.05, 4.69) is 36.3 Å². The van der Waals surface area contributed by atoms with Gasteiger partial charge in [0.15, 0.2) is 5.96 Å². The van der Waals surface area contributed by atoms with Gasteiger partial charge in [-0.3, -0.25) is 9.89 Å². The average Bonchev–Trinajstić information content (AvgIpc) is 2.66. The number of aliphatic imine (C=N–C) groups is 1. The van der Waals surface area contributed by atoms with Gasteiger partial charge in [-0.2, -0.15) is 0 Å². The third kappa shape index (κ3) is 9.05. The minimum Gasteiger partial charge on any atom is -0.379 e. The van der Waals surface area contributed by atoms with Crippen LogP contribution < -0.4 is 10.6 Å². The fourth-order valence-corrected chi connectivity index (χ4v) is 3.11. The second-order valence-electron chi connectivity index (χ2n) is 7.68. The van der Waals surface area contributed by atoms with Crippen molar-refractivity contribution in [2.45, 2.75) is 39.0 Å². The van der Waals surface area contributed by atoms with E-state index in [0.717, 1.165) is 63.9 Å². The van der Waals surface area contributed by atoms with Crippen LogP contribution in [0.15, 0.2) is 29.3 Å². The van der Waals surface area contributed by atoms with Gasteiger partial charge in [-0.25, -0.2) is 4.39 Å². The monoisotopic (exact) mass is 506 g/mol. The van der Waals surface area contributed by atoms with Gasteiger partial charge in [0.1, 0.15) is 5.82 Å². The van der Waals surface area contributed by atoms with E-state index in [0.29, 0.717) is 6.54 Å². The molecule has 5 nitrogen and oxygen atoms in total. The van der Waals surface area contributed by atoms with E-state index in [1.807, 2.05) is 6.07 Å². The summed E-state index contributed by atoms with van der Waals surface area (Å²) in [5.74, 6) is 0.628. The highest BCUT2D eigenvalue weighted by Gasteiger charge is 2.21. The number of nitrogens with one attached hydrogen (secondary N) is 2. The van der Waals surface area contributed by atoms with Crippen molar-refractivity contribution in [1.82, 2.24) is 15.5 Å². The summed E-state index contributed by atoms with van der Waals surface area (Å²) in [7, 11) is 0. The van der Waals surface area contributed by atoms with Crippen molar-refractivity contribution < 1.29 is 9.13 Å². The van der Waals surface area contributed by atoms with Crippen LogP contribution in [0.1, 0.15) is 39.2 Å². The molecule has 1 aliphatic rings. The second kappa shape index (κ2) is 13.3. The summed E-state index contributed by atoms with van der Waals surface area (Å²) in [5, 5.41) is 6.71. The van der Waals surface area contributed by atoms with Crippen molar-refractivity contribution in [3.63, 3.8) is 0 Å². The van der Waals surface area contributed by atoms with E-state index >= 15 is 0 Å². The van der Waals surface area contributed by atoms with E-state index in [4.69, 9.17) is 9.73 Å². The third-order valence-corrected chi connectivity index (χ3v) is 4.88. The molecule has 0 saturated carbocycles. The van der Waals surface area contributed by atoms with Crippen LogP contribution in [-0.4, -0.2) is 63.3 Å². The zero-order valence-corrected chi connectivity index (χ0v) is 19.8. The number of ether oxygens (including phenoxy) is 1. The molecule has 1 aromatic carbocycles. The summed E-state index contributed by atoms with van der Waals surface area (Å²) in [6.07, 6.45) is 2.27. The summed E-state index contributed by atoms with van der Waals surface area (Å²) in [5.41, 5.74) is 0.744. The first kappa shape index (κ1) is 25.1. The van der Waals surface area contributed by atoms with Crippen LogP contribution in [0.2, 0.25) is 0 Å². The Kier molecular flexibility index (Phi) is 11.9. The molecule has 0 amide bonds. The molecule has 0 unspecified atom stereocenters. The number of rotatable bonds is 9. The van der Waals surface area contributed by atoms with Gasteiger partial charge >= 0.3 is 0 Å². The van der Waals surface area contributed by atoms with Gasteiger partial charge in [0.25, 0.3) is 0 Å². The number of unbranched alkanes of at least 4 members (excludes halogenated alkanes) is 1. The Bertz CT molecular complexity index is 592. The number of hydrogen-bond acceptors (Lipinski definition) is 3. The number of hydrogen-bond donors (Lipinski definition) is 2. The first-order valence-corrected chi connectivity index (χ1v) is 10.1. The Morgan fingerprint density at radius 1 is 1.21 bits per heavy atom. The molecule has 0 spiro atoms. The normalized spacial score (nSPS) is 15.8. The van der Waals surface area contributed by atoms with Gasteiger partial charge in [-0.05, 0) is 44.0 Å². The van der Waals surface area contributed by atoms with Gasteiger partial charge in [-0.15, -0.1) is 24.0 Å². The van der Waals surface area contributed by atoms with E-state index < -0.39 is 0 Å². The first-order valence-electron chi connectivity index (χ1n) is 10.1. The van der Waals surface area contributed by atoms with Gasteiger partial charge in [-0.1, -0.05) is 26.0 Å². The van der Waals surface area contributed by atoms with Crippen LogP contribution >= 0.6 is 24.0 Å². The smallest absolute Gasteiger partial charge is 0.191 e. The minimum atomic E-state index is -0.221. The maximum atomic E-state index is 13.5. The minimum absolute atomic E-state index is 0. The quantitative estimate of drug-likeness (QED) is 0.234. The number of nitrogens with zero attached hydrogens (tertiary/aromatic N) is 2. The zero-order valence-electron chi connectivity index (χ0n) is 17.5. The molecule has 0 radical (unpaired) electrons. The molecule has 0 aromatic heterocycles. The van der Waals surface area contributed by atoms with E-state index in [1.165, 1.54) is 12.5 Å². The molecule has 0 bridgehead atoms. The molecule has 1 aliphatic heterocycles. The first-order chi connectivity index (χ1) is 13.0. The fourth-order valence-electron chi connectivity index (χ4n) is 3.11. The van der Waals surface area contributed by atoms with E-state index in [9.17, 15) is 4.39 Å². The molecule has 1 fully saturated rings. The Labute approximate surface area is 186 Å². The SMILES string of the molecule is CCNC(=NCC(C)(C)c1cccc(F)c1)NCCCCN1CCOCC1.I.